The third-order valence-corrected chi connectivity index (χ3v) is 3.89. The molecule has 1 saturated heterocycles. The zero-order valence-electron chi connectivity index (χ0n) is 11.0. The van der Waals surface area contributed by atoms with Crippen molar-refractivity contribution in [1.29, 1.82) is 0 Å². The normalized spacial score (nSPS) is 17.4. The Kier molecular flexibility index (Phi) is 3.35. The van der Waals surface area contributed by atoms with Crippen LogP contribution >= 0.6 is 0 Å². The molecule has 0 spiro atoms. The van der Waals surface area contributed by atoms with Crippen molar-refractivity contribution in [1.82, 2.24) is 14.8 Å². The summed E-state index contributed by atoms with van der Waals surface area (Å²) in [5.74, 6) is 0. The van der Waals surface area contributed by atoms with Gasteiger partial charge in [0.1, 0.15) is 0 Å². The third kappa shape index (κ3) is 2.28. The second-order valence-electron chi connectivity index (χ2n) is 5.12. The second kappa shape index (κ2) is 5.12. The number of nitrogens with one attached hydrogen (secondary N) is 1. The van der Waals surface area contributed by atoms with Gasteiger partial charge in [-0.25, -0.2) is 0 Å². The van der Waals surface area contributed by atoms with E-state index in [0.29, 0.717) is 0 Å². The number of rotatable bonds is 3. The van der Waals surface area contributed by atoms with Crippen LogP contribution in [-0.2, 0) is 13.5 Å². The minimum Gasteiger partial charge on any atom is -0.350 e. The largest absolute Gasteiger partial charge is 0.350 e. The number of fused-ring (bicyclic) bond motifs is 1. The summed E-state index contributed by atoms with van der Waals surface area (Å²) in [4.78, 5) is 2.55. The van der Waals surface area contributed by atoms with Gasteiger partial charge in [0.15, 0.2) is 0 Å². The molecule has 0 unspecified atom stereocenters. The smallest absolute Gasteiger partial charge is 0.0480 e. The Hall–Kier alpha value is -1.32. The first-order valence-electron chi connectivity index (χ1n) is 6.80. The number of hydrogen-bond donors (Lipinski definition) is 1. The van der Waals surface area contributed by atoms with Gasteiger partial charge >= 0.3 is 0 Å². The highest BCUT2D eigenvalue weighted by Gasteiger charge is 2.11. The molecule has 3 heteroatoms. The van der Waals surface area contributed by atoms with Crippen molar-refractivity contribution in [3.63, 3.8) is 0 Å². The number of nitrogens with zero attached hydrogens (tertiary/aromatic N) is 2. The van der Waals surface area contributed by atoms with E-state index in [1.807, 2.05) is 0 Å². The molecule has 3 nitrogen and oxygen atoms in total. The first kappa shape index (κ1) is 11.8. The highest BCUT2D eigenvalue weighted by molar-refractivity contribution is 5.83. The lowest BCUT2D eigenvalue weighted by molar-refractivity contribution is 0.244. The van der Waals surface area contributed by atoms with E-state index < -0.39 is 0 Å². The summed E-state index contributed by atoms with van der Waals surface area (Å²) in [6.45, 7) is 5.82. The Morgan fingerprint density at radius 2 is 1.94 bits per heavy atom. The molecule has 1 fully saturated rings. The number of benzene rings is 1. The van der Waals surface area contributed by atoms with Gasteiger partial charge in [-0.2, -0.15) is 0 Å². The van der Waals surface area contributed by atoms with Crippen molar-refractivity contribution in [2.24, 2.45) is 7.05 Å². The van der Waals surface area contributed by atoms with Crippen LogP contribution in [0.1, 0.15) is 5.56 Å². The Labute approximate surface area is 108 Å². The van der Waals surface area contributed by atoms with Crippen LogP contribution < -0.4 is 5.32 Å². The fourth-order valence-electron chi connectivity index (χ4n) is 2.84. The van der Waals surface area contributed by atoms with Crippen molar-refractivity contribution in [3.8, 4) is 0 Å². The molecular weight excluding hydrogens is 222 g/mol. The van der Waals surface area contributed by atoms with Crippen molar-refractivity contribution in [3.05, 3.63) is 36.0 Å². The van der Waals surface area contributed by atoms with Gasteiger partial charge in [-0.15, -0.1) is 0 Å². The summed E-state index contributed by atoms with van der Waals surface area (Å²) in [6, 6.07) is 8.69. The predicted molar refractivity (Wildman–Crippen MR) is 75.9 cm³/mol. The first-order valence-corrected chi connectivity index (χ1v) is 6.80. The van der Waals surface area contributed by atoms with Crippen molar-refractivity contribution >= 4 is 10.9 Å². The Morgan fingerprint density at radius 3 is 2.78 bits per heavy atom. The fraction of sp³-hybridized carbons (Fsp3) is 0.467. The van der Waals surface area contributed by atoms with Crippen LogP contribution in [0.15, 0.2) is 30.5 Å². The van der Waals surface area contributed by atoms with Crippen molar-refractivity contribution in [2.45, 2.75) is 6.42 Å². The Balaban J connectivity index is 1.74. The zero-order chi connectivity index (χ0) is 12.4. The predicted octanol–water partition coefficient (Wildman–Crippen LogP) is 1.63. The molecule has 1 aromatic carbocycles. The molecule has 3 rings (SSSR count). The maximum Gasteiger partial charge on any atom is 0.0480 e. The summed E-state index contributed by atoms with van der Waals surface area (Å²) in [5, 5.41) is 4.81. The first-order chi connectivity index (χ1) is 8.84. The van der Waals surface area contributed by atoms with E-state index >= 15 is 0 Å². The summed E-state index contributed by atoms with van der Waals surface area (Å²) in [6.07, 6.45) is 3.44. The van der Waals surface area contributed by atoms with Crippen LogP contribution in [0.5, 0.6) is 0 Å². The molecule has 0 atom stereocenters. The molecule has 0 amide bonds. The molecule has 1 aromatic heterocycles. The van der Waals surface area contributed by atoms with Crippen LogP contribution in [0.3, 0.4) is 0 Å². The molecule has 0 saturated carbocycles. The van der Waals surface area contributed by atoms with E-state index in [-0.39, 0.29) is 0 Å². The van der Waals surface area contributed by atoms with Gasteiger partial charge in [0, 0.05) is 56.9 Å². The maximum absolute atomic E-state index is 3.40. The number of hydrogen-bond acceptors (Lipinski definition) is 2. The molecule has 0 aliphatic carbocycles. The minimum atomic E-state index is 1.13. The molecule has 1 aliphatic rings. The lowest BCUT2D eigenvalue weighted by Crippen LogP contribution is -2.44. The second-order valence-corrected chi connectivity index (χ2v) is 5.12. The molecule has 0 bridgehead atoms. The van der Waals surface area contributed by atoms with Crippen LogP contribution in [0.2, 0.25) is 0 Å². The quantitative estimate of drug-likeness (QED) is 0.884. The standard InChI is InChI=1S/C15H21N3/c1-17-12-13(14-4-2-3-5-15(14)17)6-9-18-10-7-16-8-11-18/h2-5,12,16H,6-11H2,1H3. The van der Waals surface area contributed by atoms with E-state index in [1.165, 1.54) is 36.1 Å². The van der Waals surface area contributed by atoms with Gasteiger partial charge in [0.05, 0.1) is 0 Å². The Morgan fingerprint density at radius 1 is 1.17 bits per heavy atom. The van der Waals surface area contributed by atoms with Crippen LogP contribution in [-0.4, -0.2) is 42.2 Å². The molecule has 18 heavy (non-hydrogen) atoms. The van der Waals surface area contributed by atoms with E-state index in [0.717, 1.165) is 19.5 Å². The van der Waals surface area contributed by atoms with E-state index in [2.05, 4.69) is 52.3 Å². The topological polar surface area (TPSA) is 20.2 Å². The molecule has 1 aliphatic heterocycles. The monoisotopic (exact) mass is 243 g/mol. The fourth-order valence-corrected chi connectivity index (χ4v) is 2.84. The average molecular weight is 243 g/mol. The third-order valence-electron chi connectivity index (χ3n) is 3.89. The summed E-state index contributed by atoms with van der Waals surface area (Å²) >= 11 is 0. The molecule has 1 N–H and O–H groups in total. The van der Waals surface area contributed by atoms with Crippen molar-refractivity contribution < 1.29 is 0 Å². The average Bonchev–Trinajstić information content (AvgIpc) is 2.75. The van der Waals surface area contributed by atoms with E-state index in [9.17, 15) is 0 Å². The minimum absolute atomic E-state index is 1.13. The van der Waals surface area contributed by atoms with Crippen molar-refractivity contribution in [2.75, 3.05) is 32.7 Å². The number of piperazine rings is 1. The van der Waals surface area contributed by atoms with Crippen LogP contribution in [0, 0.1) is 0 Å². The molecule has 96 valence electrons. The molecular formula is C15H21N3. The van der Waals surface area contributed by atoms with Gasteiger partial charge in [0.2, 0.25) is 0 Å². The van der Waals surface area contributed by atoms with Crippen LogP contribution in [0.4, 0.5) is 0 Å². The van der Waals surface area contributed by atoms with Gasteiger partial charge in [0.25, 0.3) is 0 Å². The maximum atomic E-state index is 3.40. The highest BCUT2D eigenvalue weighted by Crippen LogP contribution is 2.20. The van der Waals surface area contributed by atoms with Gasteiger partial charge in [-0.1, -0.05) is 18.2 Å². The summed E-state index contributed by atoms with van der Waals surface area (Å²) in [5.41, 5.74) is 2.82. The molecule has 2 aromatic rings. The summed E-state index contributed by atoms with van der Waals surface area (Å²) in [7, 11) is 2.14. The Bertz CT molecular complexity index is 524. The number of aromatic nitrogens is 1. The molecule has 0 radical (unpaired) electrons. The SMILES string of the molecule is Cn1cc(CCN2CCNCC2)c2ccccc21. The molecule has 2 heterocycles. The number of aryl methyl sites for hydroxylation is 1. The van der Waals surface area contributed by atoms with E-state index in [1.54, 1.807) is 0 Å². The van der Waals surface area contributed by atoms with Crippen LogP contribution in [0.25, 0.3) is 10.9 Å². The summed E-state index contributed by atoms with van der Waals surface area (Å²) < 4.78 is 2.24. The lowest BCUT2D eigenvalue weighted by atomic mass is 10.1. The zero-order valence-corrected chi connectivity index (χ0v) is 11.0. The van der Waals surface area contributed by atoms with Gasteiger partial charge in [-0.3, -0.25) is 0 Å². The highest BCUT2D eigenvalue weighted by atomic mass is 15.2. The van der Waals surface area contributed by atoms with E-state index in [4.69, 9.17) is 0 Å². The van der Waals surface area contributed by atoms with Gasteiger partial charge in [-0.05, 0) is 18.1 Å². The lowest BCUT2D eigenvalue weighted by Gasteiger charge is -2.26. The van der Waals surface area contributed by atoms with Gasteiger partial charge < -0.3 is 14.8 Å². The number of para-hydroxylation sites is 1.